The minimum atomic E-state index is 0.177. The van der Waals surface area contributed by atoms with E-state index >= 15 is 0 Å². The number of hydrazone groups is 1. The van der Waals surface area contributed by atoms with Crippen molar-refractivity contribution in [1.29, 1.82) is 0 Å². The van der Waals surface area contributed by atoms with Crippen molar-refractivity contribution in [2.75, 3.05) is 11.6 Å². The van der Waals surface area contributed by atoms with Gasteiger partial charge in [0.05, 0.1) is 17.4 Å². The summed E-state index contributed by atoms with van der Waals surface area (Å²) in [6, 6.07) is 14.7. The van der Waals surface area contributed by atoms with Crippen LogP contribution in [0, 0.1) is 13.8 Å². The van der Waals surface area contributed by atoms with Crippen LogP contribution in [0.2, 0.25) is 5.02 Å². The number of nitrogens with zero attached hydrogens (tertiary/aromatic N) is 2. The van der Waals surface area contributed by atoms with Gasteiger partial charge in [0.2, 0.25) is 0 Å². The fourth-order valence-electron chi connectivity index (χ4n) is 2.80. The van der Waals surface area contributed by atoms with Gasteiger partial charge in [-0.1, -0.05) is 47.5 Å². The fourth-order valence-corrected chi connectivity index (χ4v) is 2.96. The van der Waals surface area contributed by atoms with Gasteiger partial charge in [0.15, 0.2) is 0 Å². The van der Waals surface area contributed by atoms with Crippen LogP contribution in [0.25, 0.3) is 0 Å². The molecule has 22 heavy (non-hydrogen) atoms. The maximum atomic E-state index is 6.18. The molecule has 2 aromatic carbocycles. The molecule has 0 aromatic heterocycles. The van der Waals surface area contributed by atoms with Gasteiger partial charge in [0.1, 0.15) is 0 Å². The van der Waals surface area contributed by atoms with E-state index in [0.717, 1.165) is 28.4 Å². The van der Waals surface area contributed by atoms with Crippen LogP contribution in [0.1, 0.15) is 29.2 Å². The molecule has 0 amide bonds. The Morgan fingerprint density at radius 2 is 1.91 bits per heavy atom. The summed E-state index contributed by atoms with van der Waals surface area (Å²) in [5.74, 6) is 0. The van der Waals surface area contributed by atoms with Crippen LogP contribution in [0.4, 0.5) is 5.69 Å². The average molecular weight is 314 g/mol. The average Bonchev–Trinajstić information content (AvgIpc) is 2.94. The second-order valence-electron chi connectivity index (χ2n) is 5.78. The number of halogens is 1. The molecular formula is C18H20ClN3. The van der Waals surface area contributed by atoms with E-state index in [1.54, 1.807) is 0 Å². The molecule has 1 aliphatic rings. The Hall–Kier alpha value is -1.84. The number of hydrogen-bond acceptors (Lipinski definition) is 3. The third-order valence-electron chi connectivity index (χ3n) is 4.09. The Balaban J connectivity index is 2.03. The van der Waals surface area contributed by atoms with Gasteiger partial charge < -0.3 is 5.73 Å². The molecule has 3 nitrogen and oxygen atoms in total. The van der Waals surface area contributed by atoms with Gasteiger partial charge in [-0.05, 0) is 37.1 Å². The molecule has 1 unspecified atom stereocenters. The first-order valence-electron chi connectivity index (χ1n) is 7.47. The molecule has 0 saturated carbocycles. The molecule has 1 aliphatic heterocycles. The van der Waals surface area contributed by atoms with E-state index in [-0.39, 0.29) is 6.04 Å². The Morgan fingerprint density at radius 1 is 1.18 bits per heavy atom. The number of aryl methyl sites for hydroxylation is 2. The summed E-state index contributed by atoms with van der Waals surface area (Å²) in [6.07, 6.45) is 0.853. The standard InChI is InChI=1S/C18H20ClN3/c1-12-3-6-14(7-4-12)18-10-16(11-20)21-22(18)17-9-15(19)8-5-13(17)2/h3-9,18H,10-11,20H2,1-2H3. The van der Waals surface area contributed by atoms with E-state index in [9.17, 15) is 0 Å². The minimum absolute atomic E-state index is 0.177. The molecule has 0 radical (unpaired) electrons. The van der Waals surface area contributed by atoms with E-state index in [0.29, 0.717) is 6.54 Å². The van der Waals surface area contributed by atoms with Crippen molar-refractivity contribution in [3.63, 3.8) is 0 Å². The summed E-state index contributed by atoms with van der Waals surface area (Å²) >= 11 is 6.18. The molecule has 0 bridgehead atoms. The zero-order chi connectivity index (χ0) is 15.7. The van der Waals surface area contributed by atoms with E-state index in [1.165, 1.54) is 11.1 Å². The van der Waals surface area contributed by atoms with Crippen molar-refractivity contribution in [2.45, 2.75) is 26.3 Å². The molecule has 0 aliphatic carbocycles. The van der Waals surface area contributed by atoms with Crippen molar-refractivity contribution in [3.05, 3.63) is 64.2 Å². The summed E-state index contributed by atoms with van der Waals surface area (Å²) in [5.41, 5.74) is 11.5. The van der Waals surface area contributed by atoms with Crippen molar-refractivity contribution < 1.29 is 0 Å². The maximum absolute atomic E-state index is 6.18. The lowest BCUT2D eigenvalue weighted by atomic mass is 10.00. The molecule has 114 valence electrons. The maximum Gasteiger partial charge on any atom is 0.0828 e. The van der Waals surface area contributed by atoms with Crippen LogP contribution in [0.15, 0.2) is 47.6 Å². The highest BCUT2D eigenvalue weighted by Crippen LogP contribution is 2.37. The van der Waals surface area contributed by atoms with Gasteiger partial charge in [-0.3, -0.25) is 5.01 Å². The Bertz CT molecular complexity index is 707. The second kappa shape index (κ2) is 6.11. The van der Waals surface area contributed by atoms with E-state index in [4.69, 9.17) is 22.4 Å². The first-order valence-corrected chi connectivity index (χ1v) is 7.84. The summed E-state index contributed by atoms with van der Waals surface area (Å²) < 4.78 is 0. The number of anilines is 1. The van der Waals surface area contributed by atoms with E-state index < -0.39 is 0 Å². The molecule has 0 fully saturated rings. The summed E-state index contributed by atoms with van der Waals surface area (Å²) in [5, 5.41) is 7.51. The smallest absolute Gasteiger partial charge is 0.0828 e. The van der Waals surface area contributed by atoms with Crippen LogP contribution >= 0.6 is 11.6 Å². The first-order chi connectivity index (χ1) is 10.6. The zero-order valence-corrected chi connectivity index (χ0v) is 13.6. The zero-order valence-electron chi connectivity index (χ0n) is 12.9. The third-order valence-corrected chi connectivity index (χ3v) is 4.32. The fraction of sp³-hybridized carbons (Fsp3) is 0.278. The number of rotatable bonds is 3. The predicted molar refractivity (Wildman–Crippen MR) is 93.7 cm³/mol. The lowest BCUT2D eigenvalue weighted by Gasteiger charge is -2.25. The minimum Gasteiger partial charge on any atom is -0.325 e. The highest BCUT2D eigenvalue weighted by Gasteiger charge is 2.29. The summed E-state index contributed by atoms with van der Waals surface area (Å²) in [7, 11) is 0. The van der Waals surface area contributed by atoms with Gasteiger partial charge in [-0.2, -0.15) is 5.10 Å². The molecular weight excluding hydrogens is 294 g/mol. The lowest BCUT2D eigenvalue weighted by molar-refractivity contribution is 0.706. The van der Waals surface area contributed by atoms with Crippen LogP contribution in [-0.2, 0) is 0 Å². The normalized spacial score (nSPS) is 17.7. The predicted octanol–water partition coefficient (Wildman–Crippen LogP) is 4.22. The topological polar surface area (TPSA) is 41.6 Å². The van der Waals surface area contributed by atoms with Gasteiger partial charge in [-0.15, -0.1) is 0 Å². The van der Waals surface area contributed by atoms with E-state index in [2.05, 4.69) is 43.1 Å². The second-order valence-corrected chi connectivity index (χ2v) is 6.21. The molecule has 2 aromatic rings. The monoisotopic (exact) mass is 313 g/mol. The lowest BCUT2D eigenvalue weighted by Crippen LogP contribution is -2.19. The molecule has 0 saturated heterocycles. The highest BCUT2D eigenvalue weighted by atomic mass is 35.5. The van der Waals surface area contributed by atoms with Crippen molar-refractivity contribution in [1.82, 2.24) is 0 Å². The largest absolute Gasteiger partial charge is 0.325 e. The van der Waals surface area contributed by atoms with Crippen molar-refractivity contribution in [2.24, 2.45) is 10.8 Å². The SMILES string of the molecule is Cc1ccc(C2CC(CN)=NN2c2cc(Cl)ccc2C)cc1. The molecule has 4 heteroatoms. The van der Waals surface area contributed by atoms with Crippen LogP contribution < -0.4 is 10.7 Å². The highest BCUT2D eigenvalue weighted by molar-refractivity contribution is 6.30. The molecule has 0 spiro atoms. The first kappa shape index (κ1) is 15.1. The summed E-state index contributed by atoms with van der Waals surface area (Å²) in [4.78, 5) is 0. The van der Waals surface area contributed by atoms with Gasteiger partial charge in [0.25, 0.3) is 0 Å². The third kappa shape index (κ3) is 2.87. The van der Waals surface area contributed by atoms with E-state index in [1.807, 2.05) is 18.2 Å². The van der Waals surface area contributed by atoms with Crippen LogP contribution in [0.3, 0.4) is 0 Å². The van der Waals surface area contributed by atoms with Gasteiger partial charge >= 0.3 is 0 Å². The van der Waals surface area contributed by atoms with Crippen molar-refractivity contribution in [3.8, 4) is 0 Å². The van der Waals surface area contributed by atoms with Crippen LogP contribution in [0.5, 0.6) is 0 Å². The van der Waals surface area contributed by atoms with Gasteiger partial charge in [-0.25, -0.2) is 0 Å². The van der Waals surface area contributed by atoms with Gasteiger partial charge in [0, 0.05) is 18.0 Å². The quantitative estimate of drug-likeness (QED) is 0.921. The molecule has 1 heterocycles. The Kier molecular flexibility index (Phi) is 4.19. The molecule has 3 rings (SSSR count). The summed E-state index contributed by atoms with van der Waals surface area (Å²) in [6.45, 7) is 4.66. The van der Waals surface area contributed by atoms with Crippen molar-refractivity contribution >= 4 is 23.0 Å². The number of benzene rings is 2. The molecule has 1 atom stereocenters. The number of nitrogens with two attached hydrogens (primary N) is 1. The molecule has 2 N–H and O–H groups in total. The van der Waals surface area contributed by atoms with Crippen LogP contribution in [-0.4, -0.2) is 12.3 Å². The number of hydrogen-bond donors (Lipinski definition) is 1. The Morgan fingerprint density at radius 3 is 2.59 bits per heavy atom. The Labute approximate surface area is 136 Å².